The van der Waals surface area contributed by atoms with Crippen molar-refractivity contribution in [3.05, 3.63) is 0 Å². The lowest BCUT2D eigenvalue weighted by Crippen LogP contribution is -2.57. The number of nitrogens with zero attached hydrogens (tertiary/aromatic N) is 1. The average Bonchev–Trinajstić information content (AvgIpc) is 2.35. The van der Waals surface area contributed by atoms with Gasteiger partial charge in [0.25, 0.3) is 0 Å². The molecule has 0 spiro atoms. The van der Waals surface area contributed by atoms with E-state index in [1.54, 1.807) is 0 Å². The summed E-state index contributed by atoms with van der Waals surface area (Å²) < 4.78 is 0. The minimum atomic E-state index is -0.509. The van der Waals surface area contributed by atoms with Crippen molar-refractivity contribution in [3.8, 4) is 0 Å². The summed E-state index contributed by atoms with van der Waals surface area (Å²) in [5.41, 5.74) is 5.29. The lowest BCUT2D eigenvalue weighted by molar-refractivity contribution is -0.144. The maximum absolute atomic E-state index is 12.0. The van der Waals surface area contributed by atoms with Crippen LogP contribution < -0.4 is 5.73 Å². The summed E-state index contributed by atoms with van der Waals surface area (Å²) in [5, 5.41) is 10.5. The normalized spacial score (nSPS) is 35.2. The lowest BCUT2D eigenvalue weighted by atomic mass is 9.71. The second-order valence-electron chi connectivity index (χ2n) is 5.60. The number of hydrogen-bond acceptors (Lipinski definition) is 3. The summed E-state index contributed by atoms with van der Waals surface area (Å²) in [6.45, 7) is 3.30. The molecule has 1 amide bonds. The van der Waals surface area contributed by atoms with Gasteiger partial charge < -0.3 is 15.7 Å². The Balaban J connectivity index is 1.99. The van der Waals surface area contributed by atoms with Gasteiger partial charge in [-0.1, -0.05) is 19.8 Å². The van der Waals surface area contributed by atoms with Crippen molar-refractivity contribution >= 4 is 5.91 Å². The minimum Gasteiger partial charge on any atom is -0.389 e. The van der Waals surface area contributed by atoms with Crippen LogP contribution in [-0.4, -0.2) is 40.6 Å². The van der Waals surface area contributed by atoms with Gasteiger partial charge >= 0.3 is 0 Å². The van der Waals surface area contributed by atoms with E-state index >= 15 is 0 Å². The molecule has 2 fully saturated rings. The highest BCUT2D eigenvalue weighted by molar-refractivity contribution is 5.81. The molecule has 0 aromatic heterocycles. The highest BCUT2D eigenvalue weighted by Gasteiger charge is 2.44. The van der Waals surface area contributed by atoms with Gasteiger partial charge in [-0.15, -0.1) is 0 Å². The Kier molecular flexibility index (Phi) is 3.73. The van der Waals surface area contributed by atoms with Crippen LogP contribution in [0.25, 0.3) is 0 Å². The summed E-state index contributed by atoms with van der Waals surface area (Å²) in [4.78, 5) is 13.9. The SMILES string of the molecule is CC[C@@H](N)C(=O)N1CCC2(O)CCCCC2C1. The van der Waals surface area contributed by atoms with Crippen molar-refractivity contribution < 1.29 is 9.90 Å². The molecular formula is C13H24N2O2. The smallest absolute Gasteiger partial charge is 0.239 e. The molecule has 1 saturated heterocycles. The highest BCUT2D eigenvalue weighted by Crippen LogP contribution is 2.39. The van der Waals surface area contributed by atoms with Crippen molar-refractivity contribution in [2.24, 2.45) is 11.7 Å². The van der Waals surface area contributed by atoms with Gasteiger partial charge in [0.05, 0.1) is 11.6 Å². The molecule has 1 heterocycles. The van der Waals surface area contributed by atoms with Crippen LogP contribution in [0, 0.1) is 5.92 Å². The minimum absolute atomic E-state index is 0.0557. The molecule has 17 heavy (non-hydrogen) atoms. The van der Waals surface area contributed by atoms with Crippen molar-refractivity contribution in [2.75, 3.05) is 13.1 Å². The van der Waals surface area contributed by atoms with Gasteiger partial charge in [0.2, 0.25) is 5.91 Å². The summed E-state index contributed by atoms with van der Waals surface area (Å²) in [5.74, 6) is 0.318. The van der Waals surface area contributed by atoms with E-state index in [9.17, 15) is 9.90 Å². The van der Waals surface area contributed by atoms with E-state index in [0.29, 0.717) is 19.5 Å². The van der Waals surface area contributed by atoms with Crippen LogP contribution in [0.15, 0.2) is 0 Å². The number of aliphatic hydroxyl groups is 1. The van der Waals surface area contributed by atoms with Crippen molar-refractivity contribution in [2.45, 2.75) is 57.1 Å². The summed E-state index contributed by atoms with van der Waals surface area (Å²) in [6, 6.07) is -0.371. The molecule has 2 rings (SSSR count). The third kappa shape index (κ3) is 2.47. The zero-order valence-corrected chi connectivity index (χ0v) is 10.7. The number of fused-ring (bicyclic) bond motifs is 1. The topological polar surface area (TPSA) is 66.6 Å². The zero-order valence-electron chi connectivity index (χ0n) is 10.7. The highest BCUT2D eigenvalue weighted by atomic mass is 16.3. The zero-order chi connectivity index (χ0) is 12.5. The maximum Gasteiger partial charge on any atom is 0.239 e. The van der Waals surface area contributed by atoms with Gasteiger partial charge in [-0.25, -0.2) is 0 Å². The number of nitrogens with two attached hydrogens (primary N) is 1. The van der Waals surface area contributed by atoms with E-state index in [2.05, 4.69) is 0 Å². The molecule has 3 N–H and O–H groups in total. The van der Waals surface area contributed by atoms with Crippen LogP contribution in [0.4, 0.5) is 0 Å². The standard InChI is InChI=1S/C13H24N2O2/c1-2-11(14)12(16)15-8-7-13(17)6-4-3-5-10(13)9-15/h10-11,17H,2-9,14H2,1H3/t10?,11-,13?/m1/s1. The number of amides is 1. The molecule has 4 nitrogen and oxygen atoms in total. The molecule has 2 aliphatic rings. The first kappa shape index (κ1) is 12.8. The van der Waals surface area contributed by atoms with E-state index in [4.69, 9.17) is 5.73 Å². The van der Waals surface area contributed by atoms with Crippen molar-refractivity contribution in [1.82, 2.24) is 4.90 Å². The van der Waals surface area contributed by atoms with Crippen LogP contribution >= 0.6 is 0 Å². The maximum atomic E-state index is 12.0. The second kappa shape index (κ2) is 4.94. The fourth-order valence-corrected chi connectivity index (χ4v) is 3.18. The molecule has 4 heteroatoms. The Morgan fingerprint density at radius 2 is 2.29 bits per heavy atom. The third-order valence-corrected chi connectivity index (χ3v) is 4.50. The van der Waals surface area contributed by atoms with E-state index in [0.717, 1.165) is 25.7 Å². The number of carbonyl (C=O) groups excluding carboxylic acids is 1. The summed E-state index contributed by atoms with van der Waals surface area (Å²) in [6.07, 6.45) is 5.65. The summed E-state index contributed by atoms with van der Waals surface area (Å²) >= 11 is 0. The Hall–Kier alpha value is -0.610. The average molecular weight is 240 g/mol. The molecule has 1 saturated carbocycles. The molecule has 2 unspecified atom stereocenters. The third-order valence-electron chi connectivity index (χ3n) is 4.50. The van der Waals surface area contributed by atoms with Crippen LogP contribution in [0.2, 0.25) is 0 Å². The van der Waals surface area contributed by atoms with E-state index in [1.165, 1.54) is 6.42 Å². The van der Waals surface area contributed by atoms with Gasteiger partial charge in [0, 0.05) is 19.0 Å². The van der Waals surface area contributed by atoms with Crippen LogP contribution in [-0.2, 0) is 4.79 Å². The van der Waals surface area contributed by atoms with Crippen molar-refractivity contribution in [1.29, 1.82) is 0 Å². The van der Waals surface area contributed by atoms with E-state index in [1.807, 2.05) is 11.8 Å². The fraction of sp³-hybridized carbons (Fsp3) is 0.923. The molecule has 0 bridgehead atoms. The molecule has 3 atom stereocenters. The van der Waals surface area contributed by atoms with Gasteiger partial charge in [0.1, 0.15) is 0 Å². The largest absolute Gasteiger partial charge is 0.389 e. The number of piperidine rings is 1. The molecule has 1 aliphatic carbocycles. The van der Waals surface area contributed by atoms with Crippen molar-refractivity contribution in [3.63, 3.8) is 0 Å². The van der Waals surface area contributed by atoms with Gasteiger partial charge in [-0.2, -0.15) is 0 Å². The first-order valence-corrected chi connectivity index (χ1v) is 6.83. The van der Waals surface area contributed by atoms with Gasteiger partial charge in [0.15, 0.2) is 0 Å². The number of carbonyl (C=O) groups is 1. The van der Waals surface area contributed by atoms with E-state index in [-0.39, 0.29) is 17.9 Å². The molecule has 0 aromatic rings. The fourth-order valence-electron chi connectivity index (χ4n) is 3.18. The second-order valence-corrected chi connectivity index (χ2v) is 5.60. The Labute approximate surface area is 103 Å². The van der Waals surface area contributed by atoms with Crippen LogP contribution in [0.5, 0.6) is 0 Å². The predicted molar refractivity (Wildman–Crippen MR) is 66.4 cm³/mol. The monoisotopic (exact) mass is 240 g/mol. The molecular weight excluding hydrogens is 216 g/mol. The molecule has 0 radical (unpaired) electrons. The van der Waals surface area contributed by atoms with Crippen LogP contribution in [0.1, 0.15) is 45.4 Å². The number of rotatable bonds is 2. The van der Waals surface area contributed by atoms with Crippen LogP contribution in [0.3, 0.4) is 0 Å². The Bertz CT molecular complexity index is 295. The Morgan fingerprint density at radius 3 is 3.00 bits per heavy atom. The quantitative estimate of drug-likeness (QED) is 0.753. The molecule has 98 valence electrons. The Morgan fingerprint density at radius 1 is 1.53 bits per heavy atom. The lowest BCUT2D eigenvalue weighted by Gasteiger charge is -2.47. The van der Waals surface area contributed by atoms with Gasteiger partial charge in [-0.05, 0) is 25.7 Å². The first-order valence-electron chi connectivity index (χ1n) is 6.83. The van der Waals surface area contributed by atoms with Gasteiger partial charge in [-0.3, -0.25) is 4.79 Å². The summed E-state index contributed by atoms with van der Waals surface area (Å²) in [7, 11) is 0. The van der Waals surface area contributed by atoms with E-state index < -0.39 is 5.60 Å². The predicted octanol–water partition coefficient (Wildman–Crippen LogP) is 0.877. The number of hydrogen-bond donors (Lipinski definition) is 2. The first-order chi connectivity index (χ1) is 8.07. The molecule has 0 aromatic carbocycles. The number of likely N-dealkylation sites (tertiary alicyclic amines) is 1. The molecule has 1 aliphatic heterocycles.